The number of carbonyl (C=O) groups is 1. The van der Waals surface area contributed by atoms with Gasteiger partial charge in [0.25, 0.3) is 0 Å². The van der Waals surface area contributed by atoms with Crippen molar-refractivity contribution >= 4 is 17.6 Å². The van der Waals surface area contributed by atoms with Crippen molar-refractivity contribution in [2.75, 3.05) is 7.11 Å². The number of rotatable bonds is 2. The second-order valence-electron chi connectivity index (χ2n) is 3.07. The van der Waals surface area contributed by atoms with E-state index < -0.39 is 5.97 Å². The fourth-order valence-corrected chi connectivity index (χ4v) is 1.35. The zero-order valence-corrected chi connectivity index (χ0v) is 9.19. The molecule has 5 heteroatoms. The normalized spacial score (nSPS) is 10.1. The quantitative estimate of drug-likeness (QED) is 0.754. The SMILES string of the molecule is COC(=O)c1cc(-c2ccc(Cl)cc2)no1. The Hall–Kier alpha value is -1.81. The van der Waals surface area contributed by atoms with Crippen LogP contribution in [0.3, 0.4) is 0 Å². The van der Waals surface area contributed by atoms with Crippen LogP contribution in [-0.4, -0.2) is 18.2 Å². The summed E-state index contributed by atoms with van der Waals surface area (Å²) in [7, 11) is 1.28. The number of benzene rings is 1. The van der Waals surface area contributed by atoms with Crippen LogP contribution in [0.1, 0.15) is 10.6 Å². The number of hydrogen-bond acceptors (Lipinski definition) is 4. The third-order valence-electron chi connectivity index (χ3n) is 2.04. The van der Waals surface area contributed by atoms with Crippen molar-refractivity contribution in [3.05, 3.63) is 41.1 Å². The minimum Gasteiger partial charge on any atom is -0.463 e. The maximum absolute atomic E-state index is 11.1. The molecular weight excluding hydrogens is 230 g/mol. The van der Waals surface area contributed by atoms with Gasteiger partial charge in [0, 0.05) is 16.7 Å². The van der Waals surface area contributed by atoms with E-state index in [4.69, 9.17) is 16.1 Å². The average Bonchev–Trinajstić information content (AvgIpc) is 2.78. The van der Waals surface area contributed by atoms with Crippen molar-refractivity contribution in [1.29, 1.82) is 0 Å². The highest BCUT2D eigenvalue weighted by molar-refractivity contribution is 6.30. The van der Waals surface area contributed by atoms with E-state index in [-0.39, 0.29) is 5.76 Å². The van der Waals surface area contributed by atoms with Gasteiger partial charge in [-0.1, -0.05) is 28.9 Å². The number of carbonyl (C=O) groups excluding carboxylic acids is 1. The molecule has 0 fully saturated rings. The minimum atomic E-state index is -0.548. The summed E-state index contributed by atoms with van der Waals surface area (Å²) in [5, 5.41) is 4.41. The second-order valence-corrected chi connectivity index (χ2v) is 3.51. The Morgan fingerprint density at radius 3 is 2.69 bits per heavy atom. The molecule has 0 bridgehead atoms. The van der Waals surface area contributed by atoms with Crippen LogP contribution in [0.2, 0.25) is 5.02 Å². The lowest BCUT2D eigenvalue weighted by atomic mass is 10.1. The van der Waals surface area contributed by atoms with Gasteiger partial charge in [0.2, 0.25) is 5.76 Å². The van der Waals surface area contributed by atoms with Crippen LogP contribution in [0, 0.1) is 0 Å². The summed E-state index contributed by atoms with van der Waals surface area (Å²) >= 11 is 5.76. The van der Waals surface area contributed by atoms with Gasteiger partial charge in [-0.2, -0.15) is 0 Å². The molecule has 0 radical (unpaired) electrons. The van der Waals surface area contributed by atoms with Crippen LogP contribution in [0.25, 0.3) is 11.3 Å². The van der Waals surface area contributed by atoms with Crippen LogP contribution in [0.4, 0.5) is 0 Å². The predicted octanol–water partition coefficient (Wildman–Crippen LogP) is 2.78. The van der Waals surface area contributed by atoms with E-state index in [0.717, 1.165) is 5.56 Å². The van der Waals surface area contributed by atoms with Gasteiger partial charge in [0.15, 0.2) is 0 Å². The highest BCUT2D eigenvalue weighted by Crippen LogP contribution is 2.21. The summed E-state index contributed by atoms with van der Waals surface area (Å²) in [4.78, 5) is 11.1. The largest absolute Gasteiger partial charge is 0.463 e. The number of nitrogens with zero attached hydrogens (tertiary/aromatic N) is 1. The molecule has 2 aromatic rings. The summed E-state index contributed by atoms with van der Waals surface area (Å²) in [6.45, 7) is 0. The zero-order valence-electron chi connectivity index (χ0n) is 8.44. The van der Waals surface area contributed by atoms with Gasteiger partial charge in [-0.3, -0.25) is 0 Å². The van der Waals surface area contributed by atoms with E-state index in [0.29, 0.717) is 10.7 Å². The number of aromatic nitrogens is 1. The van der Waals surface area contributed by atoms with Crippen LogP contribution in [-0.2, 0) is 4.74 Å². The van der Waals surface area contributed by atoms with E-state index in [1.165, 1.54) is 13.2 Å². The number of methoxy groups -OCH3 is 1. The molecule has 0 amide bonds. The summed E-state index contributed by atoms with van der Waals surface area (Å²) < 4.78 is 9.36. The molecule has 4 nitrogen and oxygen atoms in total. The van der Waals surface area contributed by atoms with Crippen LogP contribution in [0.15, 0.2) is 34.9 Å². The van der Waals surface area contributed by atoms with Gasteiger partial charge in [0.1, 0.15) is 5.69 Å². The highest BCUT2D eigenvalue weighted by Gasteiger charge is 2.13. The first-order valence-electron chi connectivity index (χ1n) is 4.51. The molecule has 1 aromatic carbocycles. The Bertz CT molecular complexity index is 504. The monoisotopic (exact) mass is 237 g/mol. The molecule has 0 saturated heterocycles. The molecule has 0 aliphatic carbocycles. The standard InChI is InChI=1S/C11H8ClNO3/c1-15-11(14)10-6-9(13-16-10)7-2-4-8(12)5-3-7/h2-6H,1H3. The smallest absolute Gasteiger partial charge is 0.376 e. The maximum atomic E-state index is 11.1. The van der Waals surface area contributed by atoms with Gasteiger partial charge < -0.3 is 9.26 Å². The molecule has 0 unspecified atom stereocenters. The summed E-state index contributed by atoms with van der Waals surface area (Å²) in [5.74, 6) is -0.472. The van der Waals surface area contributed by atoms with Crippen molar-refractivity contribution in [1.82, 2.24) is 5.16 Å². The molecule has 1 heterocycles. The molecule has 1 aromatic heterocycles. The van der Waals surface area contributed by atoms with Gasteiger partial charge >= 0.3 is 5.97 Å². The Morgan fingerprint density at radius 1 is 1.38 bits per heavy atom. The van der Waals surface area contributed by atoms with Gasteiger partial charge in [0.05, 0.1) is 7.11 Å². The van der Waals surface area contributed by atoms with E-state index >= 15 is 0 Å². The lowest BCUT2D eigenvalue weighted by molar-refractivity contribution is 0.0554. The molecule has 0 atom stereocenters. The fourth-order valence-electron chi connectivity index (χ4n) is 1.23. The topological polar surface area (TPSA) is 52.3 Å². The van der Waals surface area contributed by atoms with Crippen LogP contribution in [0.5, 0.6) is 0 Å². The van der Waals surface area contributed by atoms with Crippen molar-refractivity contribution < 1.29 is 14.1 Å². The van der Waals surface area contributed by atoms with E-state index in [1.807, 2.05) is 0 Å². The summed E-state index contributed by atoms with van der Waals surface area (Å²) in [6.07, 6.45) is 0. The number of esters is 1. The zero-order chi connectivity index (χ0) is 11.5. The van der Waals surface area contributed by atoms with Crippen LogP contribution < -0.4 is 0 Å². The first-order chi connectivity index (χ1) is 7.70. The molecule has 0 spiro atoms. The van der Waals surface area contributed by atoms with Gasteiger partial charge in [-0.15, -0.1) is 0 Å². The molecule has 82 valence electrons. The van der Waals surface area contributed by atoms with Crippen molar-refractivity contribution in [3.8, 4) is 11.3 Å². The molecule has 0 aliphatic rings. The molecule has 0 N–H and O–H groups in total. The average molecular weight is 238 g/mol. The Labute approximate surface area is 96.8 Å². The van der Waals surface area contributed by atoms with Gasteiger partial charge in [-0.05, 0) is 12.1 Å². The Kier molecular flexibility index (Phi) is 2.92. The fraction of sp³-hybridized carbons (Fsp3) is 0.0909. The Balaban J connectivity index is 2.31. The second kappa shape index (κ2) is 4.37. The lowest BCUT2D eigenvalue weighted by Gasteiger charge is -1.94. The number of hydrogen-bond donors (Lipinski definition) is 0. The first kappa shape index (κ1) is 10.7. The highest BCUT2D eigenvalue weighted by atomic mass is 35.5. The van der Waals surface area contributed by atoms with E-state index in [1.54, 1.807) is 24.3 Å². The number of ether oxygens (including phenoxy) is 1. The van der Waals surface area contributed by atoms with Crippen molar-refractivity contribution in [2.45, 2.75) is 0 Å². The van der Waals surface area contributed by atoms with Crippen molar-refractivity contribution in [3.63, 3.8) is 0 Å². The molecule has 16 heavy (non-hydrogen) atoms. The number of halogens is 1. The summed E-state index contributed by atoms with van der Waals surface area (Å²) in [5.41, 5.74) is 1.39. The molecule has 0 aliphatic heterocycles. The van der Waals surface area contributed by atoms with Crippen LogP contribution >= 0.6 is 11.6 Å². The molecular formula is C11H8ClNO3. The van der Waals surface area contributed by atoms with Crippen molar-refractivity contribution in [2.24, 2.45) is 0 Å². The summed E-state index contributed by atoms with van der Waals surface area (Å²) in [6, 6.07) is 8.59. The third-order valence-corrected chi connectivity index (χ3v) is 2.29. The first-order valence-corrected chi connectivity index (χ1v) is 4.89. The van der Waals surface area contributed by atoms with E-state index in [2.05, 4.69) is 9.89 Å². The maximum Gasteiger partial charge on any atom is 0.376 e. The lowest BCUT2D eigenvalue weighted by Crippen LogP contribution is -1.98. The van der Waals surface area contributed by atoms with E-state index in [9.17, 15) is 4.79 Å². The Morgan fingerprint density at radius 2 is 2.06 bits per heavy atom. The molecule has 2 rings (SSSR count). The molecule has 0 saturated carbocycles. The predicted molar refractivity (Wildman–Crippen MR) is 58.3 cm³/mol. The third kappa shape index (κ3) is 2.06. The minimum absolute atomic E-state index is 0.0763. The van der Waals surface area contributed by atoms with Gasteiger partial charge in [-0.25, -0.2) is 4.79 Å².